The first-order valence-electron chi connectivity index (χ1n) is 7.73. The topological polar surface area (TPSA) is 55.8 Å². The summed E-state index contributed by atoms with van der Waals surface area (Å²) in [5, 5.41) is 0. The fourth-order valence-electron chi connectivity index (χ4n) is 1.87. The molecular weight excluding hydrogens is 294 g/mol. The predicted octanol–water partition coefficient (Wildman–Crippen LogP) is 3.88. The van der Waals surface area contributed by atoms with Crippen LogP contribution in [0.15, 0.2) is 30.3 Å². The summed E-state index contributed by atoms with van der Waals surface area (Å²) in [7, 11) is 0. The van der Waals surface area contributed by atoms with E-state index in [1.165, 1.54) is 6.08 Å². The Hall–Kier alpha value is -2.30. The van der Waals surface area contributed by atoms with E-state index >= 15 is 0 Å². The second-order valence-electron chi connectivity index (χ2n) is 5.95. The second-order valence-corrected chi connectivity index (χ2v) is 5.95. The first-order valence-corrected chi connectivity index (χ1v) is 7.73. The molecule has 126 valence electrons. The lowest BCUT2D eigenvalue weighted by molar-refractivity contribution is -0.125. The van der Waals surface area contributed by atoms with Gasteiger partial charge in [-0.05, 0) is 46.8 Å². The number of nitrogens with zero attached hydrogens (tertiary/aromatic N) is 1. The van der Waals surface area contributed by atoms with Crippen LogP contribution < -0.4 is 4.74 Å². The summed E-state index contributed by atoms with van der Waals surface area (Å²) < 4.78 is 10.4. The Bertz CT molecular complexity index is 569. The first-order chi connectivity index (χ1) is 10.8. The number of rotatable bonds is 5. The van der Waals surface area contributed by atoms with E-state index in [0.29, 0.717) is 24.4 Å². The SMILES string of the molecule is CCN(CC)C(=O)/C=C/c1ccccc1OC(=O)OC(C)(C)C. The highest BCUT2D eigenvalue weighted by Gasteiger charge is 2.18. The molecule has 0 radical (unpaired) electrons. The average molecular weight is 319 g/mol. The third kappa shape index (κ3) is 6.55. The molecule has 1 aromatic rings. The second kappa shape index (κ2) is 8.36. The van der Waals surface area contributed by atoms with Gasteiger partial charge in [0.05, 0.1) is 0 Å². The van der Waals surface area contributed by atoms with Gasteiger partial charge in [0.1, 0.15) is 11.4 Å². The van der Waals surface area contributed by atoms with Gasteiger partial charge in [0.15, 0.2) is 0 Å². The molecular formula is C18H25NO4. The standard InChI is InChI=1S/C18H25NO4/c1-6-19(7-2)16(20)13-12-14-10-8-9-11-15(14)22-17(21)23-18(3,4)5/h8-13H,6-7H2,1-5H3/b13-12+. The number of hydrogen-bond donors (Lipinski definition) is 0. The number of hydrogen-bond acceptors (Lipinski definition) is 4. The summed E-state index contributed by atoms with van der Waals surface area (Å²) in [6.07, 6.45) is 2.35. The molecule has 5 nitrogen and oxygen atoms in total. The summed E-state index contributed by atoms with van der Waals surface area (Å²) in [6.45, 7) is 10.4. The molecule has 0 aromatic heterocycles. The Kier molecular flexibility index (Phi) is 6.82. The van der Waals surface area contributed by atoms with Crippen molar-refractivity contribution in [1.29, 1.82) is 0 Å². The Balaban J connectivity index is 2.85. The van der Waals surface area contributed by atoms with E-state index in [1.807, 2.05) is 19.9 Å². The minimum Gasteiger partial charge on any atom is -0.428 e. The number of carbonyl (C=O) groups is 2. The number of carbonyl (C=O) groups excluding carboxylic acids is 2. The molecule has 0 aliphatic heterocycles. The van der Waals surface area contributed by atoms with Crippen LogP contribution in [0, 0.1) is 0 Å². The summed E-state index contributed by atoms with van der Waals surface area (Å²) >= 11 is 0. The van der Waals surface area contributed by atoms with E-state index in [-0.39, 0.29) is 5.91 Å². The quantitative estimate of drug-likeness (QED) is 0.469. The summed E-state index contributed by atoms with van der Waals surface area (Å²) in [5.41, 5.74) is 0.0134. The molecule has 0 spiro atoms. The molecule has 0 atom stereocenters. The third-order valence-electron chi connectivity index (χ3n) is 2.98. The average Bonchev–Trinajstić information content (AvgIpc) is 2.45. The minimum absolute atomic E-state index is 0.0814. The molecule has 1 rings (SSSR count). The summed E-state index contributed by atoms with van der Waals surface area (Å²) in [6, 6.07) is 6.99. The smallest absolute Gasteiger partial charge is 0.428 e. The number of likely N-dealkylation sites (N-methyl/N-ethyl adjacent to an activating group) is 1. The van der Waals surface area contributed by atoms with E-state index in [0.717, 1.165) is 0 Å². The van der Waals surface area contributed by atoms with Crippen LogP contribution in [0.25, 0.3) is 6.08 Å². The Morgan fingerprint density at radius 3 is 2.30 bits per heavy atom. The molecule has 0 bridgehead atoms. The fourth-order valence-corrected chi connectivity index (χ4v) is 1.87. The van der Waals surface area contributed by atoms with Gasteiger partial charge in [-0.3, -0.25) is 4.79 Å². The lowest BCUT2D eigenvalue weighted by atomic mass is 10.2. The van der Waals surface area contributed by atoms with Crippen LogP contribution in [0.3, 0.4) is 0 Å². The van der Waals surface area contributed by atoms with Crippen molar-refractivity contribution in [1.82, 2.24) is 4.90 Å². The van der Waals surface area contributed by atoms with Gasteiger partial charge in [0.2, 0.25) is 5.91 Å². The van der Waals surface area contributed by atoms with Crippen molar-refractivity contribution in [3.05, 3.63) is 35.9 Å². The number of ether oxygens (including phenoxy) is 2. The van der Waals surface area contributed by atoms with E-state index in [9.17, 15) is 9.59 Å². The Morgan fingerprint density at radius 1 is 1.13 bits per heavy atom. The van der Waals surface area contributed by atoms with Gasteiger partial charge in [0.25, 0.3) is 0 Å². The molecule has 0 N–H and O–H groups in total. The monoisotopic (exact) mass is 319 g/mol. The van der Waals surface area contributed by atoms with Gasteiger partial charge in [-0.15, -0.1) is 0 Å². The maximum atomic E-state index is 12.0. The largest absolute Gasteiger partial charge is 0.514 e. The number of amides is 1. The van der Waals surface area contributed by atoms with Crippen molar-refractivity contribution in [2.24, 2.45) is 0 Å². The van der Waals surface area contributed by atoms with Crippen molar-refractivity contribution >= 4 is 18.1 Å². The van der Waals surface area contributed by atoms with Gasteiger partial charge < -0.3 is 14.4 Å². The first kappa shape index (κ1) is 18.7. The van der Waals surface area contributed by atoms with Crippen LogP contribution >= 0.6 is 0 Å². The maximum Gasteiger partial charge on any atom is 0.514 e. The molecule has 0 aliphatic rings. The molecule has 1 aromatic carbocycles. The zero-order chi connectivity index (χ0) is 17.5. The van der Waals surface area contributed by atoms with Crippen LogP contribution in [0.2, 0.25) is 0 Å². The maximum absolute atomic E-state index is 12.0. The zero-order valence-electron chi connectivity index (χ0n) is 14.5. The van der Waals surface area contributed by atoms with Crippen molar-refractivity contribution in [3.63, 3.8) is 0 Å². The molecule has 0 heterocycles. The lowest BCUT2D eigenvalue weighted by Gasteiger charge is -2.19. The van der Waals surface area contributed by atoms with E-state index in [4.69, 9.17) is 9.47 Å². The van der Waals surface area contributed by atoms with Crippen LogP contribution in [0.1, 0.15) is 40.2 Å². The molecule has 1 amide bonds. The summed E-state index contributed by atoms with van der Waals surface area (Å²) in [4.78, 5) is 25.5. The summed E-state index contributed by atoms with van der Waals surface area (Å²) in [5.74, 6) is 0.271. The van der Waals surface area contributed by atoms with Crippen LogP contribution in [-0.4, -0.2) is 35.7 Å². The van der Waals surface area contributed by atoms with Gasteiger partial charge in [-0.2, -0.15) is 0 Å². The van der Waals surface area contributed by atoms with Crippen molar-refractivity contribution < 1.29 is 19.1 Å². The molecule has 0 saturated heterocycles. The zero-order valence-corrected chi connectivity index (χ0v) is 14.5. The third-order valence-corrected chi connectivity index (χ3v) is 2.98. The number of benzene rings is 1. The predicted molar refractivity (Wildman–Crippen MR) is 90.3 cm³/mol. The van der Waals surface area contributed by atoms with Crippen molar-refractivity contribution in [2.75, 3.05) is 13.1 Å². The highest BCUT2D eigenvalue weighted by molar-refractivity contribution is 5.92. The van der Waals surface area contributed by atoms with Crippen molar-refractivity contribution in [3.8, 4) is 5.75 Å². The highest BCUT2D eigenvalue weighted by Crippen LogP contribution is 2.21. The van der Waals surface area contributed by atoms with Crippen LogP contribution in [0.4, 0.5) is 4.79 Å². The molecule has 0 fully saturated rings. The highest BCUT2D eigenvalue weighted by atomic mass is 16.7. The van der Waals surface area contributed by atoms with Crippen molar-refractivity contribution in [2.45, 2.75) is 40.2 Å². The van der Waals surface area contributed by atoms with Crippen LogP contribution in [0.5, 0.6) is 5.75 Å². The minimum atomic E-state index is -0.770. The van der Waals surface area contributed by atoms with E-state index in [1.54, 1.807) is 49.9 Å². The molecule has 0 aliphatic carbocycles. The lowest BCUT2D eigenvalue weighted by Crippen LogP contribution is -2.28. The molecule has 5 heteroatoms. The Labute approximate surface area is 137 Å². The van der Waals surface area contributed by atoms with Gasteiger partial charge in [-0.1, -0.05) is 18.2 Å². The molecule has 23 heavy (non-hydrogen) atoms. The normalized spacial score (nSPS) is 11.3. The van der Waals surface area contributed by atoms with Gasteiger partial charge >= 0.3 is 6.16 Å². The molecule has 0 saturated carbocycles. The Morgan fingerprint density at radius 2 is 1.74 bits per heavy atom. The van der Waals surface area contributed by atoms with E-state index in [2.05, 4.69) is 0 Å². The molecule has 0 unspecified atom stereocenters. The fraction of sp³-hybridized carbons (Fsp3) is 0.444. The van der Waals surface area contributed by atoms with Gasteiger partial charge in [0, 0.05) is 24.7 Å². The van der Waals surface area contributed by atoms with Gasteiger partial charge in [-0.25, -0.2) is 4.79 Å². The van der Waals surface area contributed by atoms with Crippen LogP contribution in [-0.2, 0) is 9.53 Å². The van der Waals surface area contributed by atoms with E-state index < -0.39 is 11.8 Å². The number of para-hydroxylation sites is 1.